The van der Waals surface area contributed by atoms with Crippen LogP contribution in [-0.4, -0.2) is 24.7 Å². The van der Waals surface area contributed by atoms with Gasteiger partial charge in [0.05, 0.1) is 5.56 Å². The quantitative estimate of drug-likeness (QED) is 0.888. The van der Waals surface area contributed by atoms with Gasteiger partial charge < -0.3 is 10.2 Å². The highest BCUT2D eigenvalue weighted by Gasteiger charge is 2.35. The minimum absolute atomic E-state index is 0.105. The van der Waals surface area contributed by atoms with Gasteiger partial charge in [-0.05, 0) is 44.9 Å². The molecular formula is C16H23F3N2. The van der Waals surface area contributed by atoms with Crippen LogP contribution in [0.3, 0.4) is 0 Å². The van der Waals surface area contributed by atoms with Crippen LogP contribution in [-0.2, 0) is 6.18 Å². The summed E-state index contributed by atoms with van der Waals surface area (Å²) < 4.78 is 38.9. The van der Waals surface area contributed by atoms with Gasteiger partial charge in [0, 0.05) is 30.4 Å². The number of piperazine rings is 1. The molecule has 21 heavy (non-hydrogen) atoms. The van der Waals surface area contributed by atoms with E-state index >= 15 is 0 Å². The maximum absolute atomic E-state index is 13.0. The minimum atomic E-state index is -4.30. The Kier molecular flexibility index (Phi) is 4.24. The molecule has 2 rings (SSSR count). The van der Waals surface area contributed by atoms with Crippen LogP contribution >= 0.6 is 0 Å². The maximum atomic E-state index is 13.0. The van der Waals surface area contributed by atoms with Gasteiger partial charge in [0.25, 0.3) is 0 Å². The van der Waals surface area contributed by atoms with E-state index in [1.54, 1.807) is 6.07 Å². The van der Waals surface area contributed by atoms with Crippen molar-refractivity contribution in [2.45, 2.75) is 51.9 Å². The first kappa shape index (κ1) is 16.1. The molecule has 0 aliphatic carbocycles. The van der Waals surface area contributed by atoms with Gasteiger partial charge in [-0.3, -0.25) is 0 Å². The molecule has 0 amide bonds. The van der Waals surface area contributed by atoms with Crippen LogP contribution in [0.1, 0.15) is 38.3 Å². The SMILES string of the molecule is CCC1CNC(C)(C)CN1c1cc(C(F)(F)F)ccc1C. The number of nitrogens with zero attached hydrogens (tertiary/aromatic N) is 1. The van der Waals surface area contributed by atoms with Crippen LogP contribution in [0.2, 0.25) is 0 Å². The molecule has 2 nitrogen and oxygen atoms in total. The number of anilines is 1. The summed E-state index contributed by atoms with van der Waals surface area (Å²) >= 11 is 0. The Bertz CT molecular complexity index is 509. The molecule has 1 atom stereocenters. The number of hydrogen-bond donors (Lipinski definition) is 1. The zero-order valence-electron chi connectivity index (χ0n) is 13.0. The molecule has 1 heterocycles. The molecule has 1 aliphatic heterocycles. The molecule has 1 aromatic rings. The van der Waals surface area contributed by atoms with Crippen molar-refractivity contribution in [2.75, 3.05) is 18.0 Å². The predicted molar refractivity (Wildman–Crippen MR) is 79.7 cm³/mol. The van der Waals surface area contributed by atoms with Crippen molar-refractivity contribution in [1.82, 2.24) is 5.32 Å². The number of halogens is 3. The molecule has 1 unspecified atom stereocenters. The molecule has 0 aromatic heterocycles. The molecule has 0 radical (unpaired) electrons. The summed E-state index contributed by atoms with van der Waals surface area (Å²) in [5.41, 5.74) is 0.909. The highest BCUT2D eigenvalue weighted by molar-refractivity contribution is 5.57. The number of rotatable bonds is 2. The molecule has 0 spiro atoms. The lowest BCUT2D eigenvalue weighted by atomic mass is 9.95. The summed E-state index contributed by atoms with van der Waals surface area (Å²) in [4.78, 5) is 2.13. The zero-order valence-corrected chi connectivity index (χ0v) is 13.0. The molecule has 118 valence electrons. The summed E-state index contributed by atoms with van der Waals surface area (Å²) in [6.07, 6.45) is -3.40. The lowest BCUT2D eigenvalue weighted by Gasteiger charge is -2.46. The fourth-order valence-corrected chi connectivity index (χ4v) is 2.86. The average Bonchev–Trinajstić information content (AvgIpc) is 2.37. The van der Waals surface area contributed by atoms with Crippen molar-refractivity contribution in [2.24, 2.45) is 0 Å². The molecule has 0 bridgehead atoms. The minimum Gasteiger partial charge on any atom is -0.365 e. The third-order valence-corrected chi connectivity index (χ3v) is 4.14. The smallest absolute Gasteiger partial charge is 0.365 e. The summed E-state index contributed by atoms with van der Waals surface area (Å²) in [5.74, 6) is 0. The van der Waals surface area contributed by atoms with Crippen molar-refractivity contribution in [3.05, 3.63) is 29.3 Å². The number of benzene rings is 1. The molecular weight excluding hydrogens is 277 g/mol. The van der Waals surface area contributed by atoms with Gasteiger partial charge in [-0.25, -0.2) is 0 Å². The van der Waals surface area contributed by atoms with Crippen LogP contribution in [0.15, 0.2) is 18.2 Å². The molecule has 1 aliphatic rings. The van der Waals surface area contributed by atoms with E-state index in [4.69, 9.17) is 0 Å². The summed E-state index contributed by atoms with van der Waals surface area (Å²) in [6.45, 7) is 9.59. The largest absolute Gasteiger partial charge is 0.416 e. The van der Waals surface area contributed by atoms with Gasteiger partial charge in [0.15, 0.2) is 0 Å². The van der Waals surface area contributed by atoms with E-state index in [1.165, 1.54) is 6.07 Å². The van der Waals surface area contributed by atoms with Gasteiger partial charge in [-0.15, -0.1) is 0 Å². The van der Waals surface area contributed by atoms with Crippen molar-refractivity contribution < 1.29 is 13.2 Å². The molecule has 1 aromatic carbocycles. The van der Waals surface area contributed by atoms with Crippen LogP contribution < -0.4 is 10.2 Å². The first-order chi connectivity index (χ1) is 9.64. The van der Waals surface area contributed by atoms with Crippen LogP contribution in [0.25, 0.3) is 0 Å². The van der Waals surface area contributed by atoms with Gasteiger partial charge in [-0.1, -0.05) is 13.0 Å². The van der Waals surface area contributed by atoms with Crippen LogP contribution in [0.5, 0.6) is 0 Å². The van der Waals surface area contributed by atoms with E-state index in [1.807, 2.05) is 6.92 Å². The third-order valence-electron chi connectivity index (χ3n) is 4.14. The number of alkyl halides is 3. The topological polar surface area (TPSA) is 15.3 Å². The van der Waals surface area contributed by atoms with Crippen molar-refractivity contribution >= 4 is 5.69 Å². The fourth-order valence-electron chi connectivity index (χ4n) is 2.86. The second-order valence-corrected chi connectivity index (χ2v) is 6.45. The van der Waals surface area contributed by atoms with Crippen LogP contribution in [0.4, 0.5) is 18.9 Å². The lowest BCUT2D eigenvalue weighted by Crippen LogP contribution is -2.61. The molecule has 1 saturated heterocycles. The Morgan fingerprint density at radius 3 is 2.57 bits per heavy atom. The first-order valence-corrected chi connectivity index (χ1v) is 7.33. The summed E-state index contributed by atoms with van der Waals surface area (Å²) in [6, 6.07) is 4.24. The zero-order chi connectivity index (χ0) is 15.8. The fraction of sp³-hybridized carbons (Fsp3) is 0.625. The number of nitrogens with one attached hydrogen (secondary N) is 1. The van der Waals surface area contributed by atoms with Crippen molar-refractivity contribution in [1.29, 1.82) is 0 Å². The third kappa shape index (κ3) is 3.51. The van der Waals surface area contributed by atoms with E-state index in [-0.39, 0.29) is 11.6 Å². The van der Waals surface area contributed by atoms with Gasteiger partial charge in [0.1, 0.15) is 0 Å². The van der Waals surface area contributed by atoms with E-state index in [9.17, 15) is 13.2 Å². The Balaban J connectivity index is 2.42. The van der Waals surface area contributed by atoms with E-state index < -0.39 is 11.7 Å². The summed E-state index contributed by atoms with van der Waals surface area (Å²) in [7, 11) is 0. The van der Waals surface area contributed by atoms with Gasteiger partial charge in [-0.2, -0.15) is 13.2 Å². The summed E-state index contributed by atoms with van der Waals surface area (Å²) in [5, 5.41) is 3.46. The first-order valence-electron chi connectivity index (χ1n) is 7.33. The van der Waals surface area contributed by atoms with Crippen molar-refractivity contribution in [3.63, 3.8) is 0 Å². The van der Waals surface area contributed by atoms with Crippen LogP contribution in [0, 0.1) is 6.92 Å². The lowest BCUT2D eigenvalue weighted by molar-refractivity contribution is -0.137. The van der Waals surface area contributed by atoms with Gasteiger partial charge in [0.2, 0.25) is 0 Å². The standard InChI is InChI=1S/C16H23F3N2/c1-5-13-9-20-15(3,4)10-21(13)14-8-12(16(17,18)19)7-6-11(14)2/h6-8,13,20H,5,9-10H2,1-4H3. The predicted octanol–water partition coefficient (Wildman–Crippen LogP) is 3.98. The molecule has 0 saturated carbocycles. The van der Waals surface area contributed by atoms with E-state index in [0.717, 1.165) is 24.6 Å². The molecule has 1 N–H and O–H groups in total. The molecule has 5 heteroatoms. The number of hydrogen-bond acceptors (Lipinski definition) is 2. The Morgan fingerprint density at radius 1 is 1.33 bits per heavy atom. The Morgan fingerprint density at radius 2 is 2.00 bits per heavy atom. The highest BCUT2D eigenvalue weighted by Crippen LogP contribution is 2.35. The maximum Gasteiger partial charge on any atom is 0.416 e. The Hall–Kier alpha value is -1.23. The second-order valence-electron chi connectivity index (χ2n) is 6.45. The Labute approximate surface area is 124 Å². The molecule has 1 fully saturated rings. The second kappa shape index (κ2) is 5.52. The average molecular weight is 300 g/mol. The highest BCUT2D eigenvalue weighted by atomic mass is 19.4. The van der Waals surface area contributed by atoms with Gasteiger partial charge >= 0.3 is 6.18 Å². The normalized spacial score (nSPS) is 22.4. The number of aryl methyl sites for hydroxylation is 1. The van der Waals surface area contributed by atoms with Crippen molar-refractivity contribution in [3.8, 4) is 0 Å². The van der Waals surface area contributed by atoms with E-state index in [0.29, 0.717) is 12.2 Å². The van der Waals surface area contributed by atoms with E-state index in [2.05, 4.69) is 31.0 Å². The monoisotopic (exact) mass is 300 g/mol.